The van der Waals surface area contributed by atoms with E-state index in [2.05, 4.69) is 13.8 Å². The average Bonchev–Trinajstić information content (AvgIpc) is 2.33. The van der Waals surface area contributed by atoms with Crippen LogP contribution >= 0.6 is 0 Å². The molecule has 4 heteroatoms. The number of carbonyl (C=O) groups excluding carboxylic acids is 1. The van der Waals surface area contributed by atoms with Crippen LogP contribution < -0.4 is 0 Å². The summed E-state index contributed by atoms with van der Waals surface area (Å²) < 4.78 is 5.33. The number of carbonyl (C=O) groups is 2. The van der Waals surface area contributed by atoms with Crippen LogP contribution in [0, 0.1) is 0 Å². The molecule has 21 heavy (non-hydrogen) atoms. The van der Waals surface area contributed by atoms with Crippen LogP contribution in [0.2, 0.25) is 0 Å². The minimum Gasteiger partial charge on any atom is -0.481 e. The lowest BCUT2D eigenvalue weighted by Gasteiger charge is -2.23. The number of ether oxygens (including phenoxy) is 1. The Bertz CT molecular complexity index is 495. The topological polar surface area (TPSA) is 63.6 Å². The van der Waals surface area contributed by atoms with E-state index in [0.717, 1.165) is 5.56 Å². The molecular formula is C17H24O4. The van der Waals surface area contributed by atoms with Crippen molar-refractivity contribution in [3.05, 3.63) is 35.4 Å². The fourth-order valence-corrected chi connectivity index (χ4v) is 2.00. The second-order valence-corrected chi connectivity index (χ2v) is 6.51. The number of rotatable bonds is 5. The van der Waals surface area contributed by atoms with Crippen LogP contribution in [0.3, 0.4) is 0 Å². The number of aliphatic carboxylic acids is 1. The molecule has 0 bridgehead atoms. The first-order valence-electron chi connectivity index (χ1n) is 7.14. The molecule has 0 aliphatic carbocycles. The number of hydrogen-bond acceptors (Lipinski definition) is 3. The minimum atomic E-state index is -1.02. The third-order valence-electron chi connectivity index (χ3n) is 3.08. The molecule has 1 N–H and O–H groups in total. The normalized spacial score (nSPS) is 13.0. The summed E-state index contributed by atoms with van der Waals surface area (Å²) in [5, 5.41) is 9.03. The van der Waals surface area contributed by atoms with Crippen molar-refractivity contribution in [2.75, 3.05) is 0 Å². The molecule has 0 spiro atoms. The zero-order chi connectivity index (χ0) is 16.2. The van der Waals surface area contributed by atoms with Crippen molar-refractivity contribution in [2.45, 2.75) is 58.5 Å². The van der Waals surface area contributed by atoms with E-state index in [1.165, 1.54) is 0 Å². The molecule has 4 nitrogen and oxygen atoms in total. The molecule has 0 fully saturated rings. The van der Waals surface area contributed by atoms with Gasteiger partial charge >= 0.3 is 11.9 Å². The molecule has 0 aliphatic heterocycles. The molecule has 0 radical (unpaired) electrons. The van der Waals surface area contributed by atoms with Crippen molar-refractivity contribution >= 4 is 11.9 Å². The second kappa shape index (κ2) is 6.74. The Morgan fingerprint density at radius 1 is 1.10 bits per heavy atom. The number of benzene rings is 1. The maximum atomic E-state index is 12.2. The first-order valence-corrected chi connectivity index (χ1v) is 7.14. The maximum Gasteiger partial charge on any atom is 0.314 e. The zero-order valence-corrected chi connectivity index (χ0v) is 13.3. The highest BCUT2D eigenvalue weighted by molar-refractivity contribution is 5.84. The third kappa shape index (κ3) is 5.58. The molecule has 1 atom stereocenters. The molecule has 1 unspecified atom stereocenters. The van der Waals surface area contributed by atoms with Gasteiger partial charge in [0.25, 0.3) is 0 Å². The Labute approximate surface area is 126 Å². The molecule has 1 rings (SSSR count). The van der Waals surface area contributed by atoms with Gasteiger partial charge in [0.05, 0.1) is 12.3 Å². The fraction of sp³-hybridized carbons (Fsp3) is 0.529. The summed E-state index contributed by atoms with van der Waals surface area (Å²) in [6, 6.07) is 7.48. The lowest BCUT2D eigenvalue weighted by Crippen LogP contribution is -2.29. The van der Waals surface area contributed by atoms with Crippen molar-refractivity contribution in [2.24, 2.45) is 0 Å². The molecule has 0 aromatic heterocycles. The largest absolute Gasteiger partial charge is 0.481 e. The Morgan fingerprint density at radius 3 is 1.95 bits per heavy atom. The molecule has 116 valence electrons. The highest BCUT2D eigenvalue weighted by atomic mass is 16.6. The standard InChI is InChI=1S/C17H24O4/c1-11(2)12-6-8-13(9-7-12)14(10-15(18)19)16(20)21-17(3,4)5/h6-9,11,14H,10H2,1-5H3,(H,18,19). The molecule has 0 saturated heterocycles. The first-order chi connectivity index (χ1) is 9.60. The summed E-state index contributed by atoms with van der Waals surface area (Å²) in [5.74, 6) is -1.90. The first kappa shape index (κ1) is 17.2. The van der Waals surface area contributed by atoms with Gasteiger partial charge in [0, 0.05) is 0 Å². The second-order valence-electron chi connectivity index (χ2n) is 6.51. The highest BCUT2D eigenvalue weighted by Gasteiger charge is 2.28. The van der Waals surface area contributed by atoms with Crippen molar-refractivity contribution in [1.29, 1.82) is 0 Å². The van der Waals surface area contributed by atoms with E-state index in [1.807, 2.05) is 24.3 Å². The van der Waals surface area contributed by atoms with Gasteiger partial charge in [-0.1, -0.05) is 38.1 Å². The summed E-state index contributed by atoms with van der Waals surface area (Å²) in [4.78, 5) is 23.2. The van der Waals surface area contributed by atoms with E-state index in [4.69, 9.17) is 9.84 Å². The summed E-state index contributed by atoms with van der Waals surface area (Å²) >= 11 is 0. The smallest absolute Gasteiger partial charge is 0.314 e. The van der Waals surface area contributed by atoms with E-state index in [-0.39, 0.29) is 6.42 Å². The Kier molecular flexibility index (Phi) is 5.53. The quantitative estimate of drug-likeness (QED) is 0.840. The van der Waals surface area contributed by atoms with Crippen LogP contribution in [0.25, 0.3) is 0 Å². The summed E-state index contributed by atoms with van der Waals surface area (Å²) in [5.41, 5.74) is 1.19. The zero-order valence-electron chi connectivity index (χ0n) is 13.3. The molecular weight excluding hydrogens is 268 g/mol. The van der Waals surface area contributed by atoms with Crippen molar-refractivity contribution < 1.29 is 19.4 Å². The molecule has 1 aromatic rings. The SMILES string of the molecule is CC(C)c1ccc(C(CC(=O)O)C(=O)OC(C)(C)C)cc1. The summed E-state index contributed by atoms with van der Waals surface area (Å²) in [6.07, 6.45) is -0.268. The van der Waals surface area contributed by atoms with E-state index in [0.29, 0.717) is 11.5 Å². The predicted molar refractivity (Wildman–Crippen MR) is 81.4 cm³/mol. The van der Waals surface area contributed by atoms with Crippen LogP contribution in [-0.2, 0) is 14.3 Å². The van der Waals surface area contributed by atoms with Crippen molar-refractivity contribution in [3.63, 3.8) is 0 Å². The van der Waals surface area contributed by atoms with Gasteiger partial charge in [-0.15, -0.1) is 0 Å². The van der Waals surface area contributed by atoms with Gasteiger partial charge in [0.15, 0.2) is 0 Å². The van der Waals surface area contributed by atoms with Gasteiger partial charge in [0.2, 0.25) is 0 Å². The van der Waals surface area contributed by atoms with Gasteiger partial charge in [-0.05, 0) is 37.8 Å². The summed E-state index contributed by atoms with van der Waals surface area (Å²) in [6.45, 7) is 9.47. The average molecular weight is 292 g/mol. The fourth-order valence-electron chi connectivity index (χ4n) is 2.00. The van der Waals surface area contributed by atoms with E-state index in [9.17, 15) is 9.59 Å². The van der Waals surface area contributed by atoms with Gasteiger partial charge in [-0.3, -0.25) is 9.59 Å². The number of hydrogen-bond donors (Lipinski definition) is 1. The lowest BCUT2D eigenvalue weighted by molar-refractivity contribution is -0.159. The molecule has 0 amide bonds. The lowest BCUT2D eigenvalue weighted by atomic mass is 9.93. The number of carboxylic acid groups (broad SMARTS) is 1. The Morgan fingerprint density at radius 2 is 1.57 bits per heavy atom. The molecule has 0 saturated carbocycles. The van der Waals surface area contributed by atoms with Gasteiger partial charge < -0.3 is 9.84 Å². The maximum absolute atomic E-state index is 12.2. The van der Waals surface area contributed by atoms with Crippen LogP contribution in [0.15, 0.2) is 24.3 Å². The Balaban J connectivity index is 3.01. The third-order valence-corrected chi connectivity index (χ3v) is 3.08. The molecule has 0 heterocycles. The van der Waals surface area contributed by atoms with E-state index >= 15 is 0 Å². The Hall–Kier alpha value is -1.84. The number of esters is 1. The van der Waals surface area contributed by atoms with Crippen molar-refractivity contribution in [3.8, 4) is 0 Å². The monoisotopic (exact) mass is 292 g/mol. The van der Waals surface area contributed by atoms with Crippen LogP contribution in [0.4, 0.5) is 0 Å². The van der Waals surface area contributed by atoms with Crippen LogP contribution in [-0.4, -0.2) is 22.6 Å². The van der Waals surface area contributed by atoms with Crippen molar-refractivity contribution in [1.82, 2.24) is 0 Å². The van der Waals surface area contributed by atoms with Crippen LogP contribution in [0.1, 0.15) is 64.0 Å². The number of carboxylic acids is 1. The summed E-state index contributed by atoms with van der Waals surface area (Å²) in [7, 11) is 0. The van der Waals surface area contributed by atoms with Gasteiger partial charge in [-0.2, -0.15) is 0 Å². The van der Waals surface area contributed by atoms with Gasteiger partial charge in [-0.25, -0.2) is 0 Å². The van der Waals surface area contributed by atoms with Crippen LogP contribution in [0.5, 0.6) is 0 Å². The molecule has 1 aromatic carbocycles. The van der Waals surface area contributed by atoms with Gasteiger partial charge in [0.1, 0.15) is 5.60 Å². The van der Waals surface area contributed by atoms with E-state index < -0.39 is 23.5 Å². The van der Waals surface area contributed by atoms with E-state index in [1.54, 1.807) is 20.8 Å². The molecule has 0 aliphatic rings. The minimum absolute atomic E-state index is 0.268. The highest BCUT2D eigenvalue weighted by Crippen LogP contribution is 2.26. The predicted octanol–water partition coefficient (Wildman–Crippen LogP) is 3.71.